The van der Waals surface area contributed by atoms with Crippen LogP contribution < -0.4 is 0 Å². The number of rotatable bonds is 0. The summed E-state index contributed by atoms with van der Waals surface area (Å²) in [6.07, 6.45) is 13.4. The third kappa shape index (κ3) is 1.28. The highest BCUT2D eigenvalue weighted by Gasteiger charge is 2.67. The Labute approximate surface area is 97.7 Å². The molecule has 90 valence electrons. The van der Waals surface area contributed by atoms with Crippen molar-refractivity contribution in [3.05, 3.63) is 0 Å². The van der Waals surface area contributed by atoms with Crippen LogP contribution in [0, 0.1) is 5.41 Å². The van der Waals surface area contributed by atoms with Gasteiger partial charge >= 0.3 is 5.97 Å². The van der Waals surface area contributed by atoms with Gasteiger partial charge in [-0.2, -0.15) is 0 Å². The minimum atomic E-state index is -0.0517. The Balaban J connectivity index is 1.86. The normalized spacial score (nSPS) is 31.9. The molecule has 2 nitrogen and oxygen atoms in total. The molecule has 0 aromatic rings. The van der Waals surface area contributed by atoms with Gasteiger partial charge in [-0.3, -0.25) is 4.79 Å². The van der Waals surface area contributed by atoms with Crippen LogP contribution >= 0.6 is 0 Å². The monoisotopic (exact) mass is 222 g/mol. The fourth-order valence-corrected chi connectivity index (χ4v) is 4.21. The molecule has 16 heavy (non-hydrogen) atoms. The van der Waals surface area contributed by atoms with Gasteiger partial charge in [0.2, 0.25) is 0 Å². The second-order valence-corrected chi connectivity index (χ2v) is 5.94. The summed E-state index contributed by atoms with van der Waals surface area (Å²) >= 11 is 0. The quantitative estimate of drug-likeness (QED) is 0.585. The fraction of sp³-hybridized carbons (Fsp3) is 0.929. The lowest BCUT2D eigenvalue weighted by atomic mass is 9.57. The highest BCUT2D eigenvalue weighted by molar-refractivity contribution is 5.85. The number of hydrogen-bond acceptors (Lipinski definition) is 2. The summed E-state index contributed by atoms with van der Waals surface area (Å²) in [5.74, 6) is 0.135. The van der Waals surface area contributed by atoms with E-state index < -0.39 is 0 Å². The number of fused-ring (bicyclic) bond motifs is 1. The van der Waals surface area contributed by atoms with E-state index in [0.717, 1.165) is 25.7 Å². The van der Waals surface area contributed by atoms with Crippen molar-refractivity contribution in [2.75, 3.05) is 0 Å². The van der Waals surface area contributed by atoms with Gasteiger partial charge in [-0.15, -0.1) is 0 Å². The predicted molar refractivity (Wildman–Crippen MR) is 62.0 cm³/mol. The van der Waals surface area contributed by atoms with E-state index in [-0.39, 0.29) is 17.0 Å². The van der Waals surface area contributed by atoms with Crippen LogP contribution in [0.25, 0.3) is 0 Å². The molecule has 3 aliphatic rings. The van der Waals surface area contributed by atoms with Gasteiger partial charge in [0.25, 0.3) is 0 Å². The maximum absolute atomic E-state index is 12.0. The Morgan fingerprint density at radius 1 is 0.750 bits per heavy atom. The van der Waals surface area contributed by atoms with E-state index >= 15 is 0 Å². The standard InChI is InChI=1S/C14H22O2/c15-12-13(8-4-1-2-5-9-13)14(16-12)10-6-3-7-11-14/h1-11H2. The zero-order chi connectivity index (χ0) is 11.1. The highest BCUT2D eigenvalue weighted by atomic mass is 16.6. The number of ether oxygens (including phenoxy) is 1. The van der Waals surface area contributed by atoms with E-state index in [4.69, 9.17) is 4.74 Å². The van der Waals surface area contributed by atoms with Crippen molar-refractivity contribution in [2.45, 2.75) is 76.2 Å². The van der Waals surface area contributed by atoms with Crippen molar-refractivity contribution >= 4 is 5.97 Å². The smallest absolute Gasteiger partial charge is 0.316 e. The molecule has 2 aliphatic carbocycles. The molecule has 2 heteroatoms. The van der Waals surface area contributed by atoms with Crippen molar-refractivity contribution in [1.29, 1.82) is 0 Å². The molecule has 0 radical (unpaired) electrons. The molecule has 0 N–H and O–H groups in total. The summed E-state index contributed by atoms with van der Waals surface area (Å²) in [7, 11) is 0. The first-order chi connectivity index (χ1) is 7.79. The molecule has 3 fully saturated rings. The summed E-state index contributed by atoms with van der Waals surface area (Å²) in [6, 6.07) is 0. The van der Waals surface area contributed by atoms with E-state index in [1.165, 1.54) is 44.9 Å². The van der Waals surface area contributed by atoms with E-state index in [9.17, 15) is 4.79 Å². The lowest BCUT2D eigenvalue weighted by Gasteiger charge is -2.58. The largest absolute Gasteiger partial charge is 0.457 e. The molecule has 0 aromatic heterocycles. The van der Waals surface area contributed by atoms with Gasteiger partial charge in [0, 0.05) is 0 Å². The van der Waals surface area contributed by atoms with E-state index in [2.05, 4.69) is 0 Å². The predicted octanol–water partition coefficient (Wildman–Crippen LogP) is 3.59. The zero-order valence-corrected chi connectivity index (χ0v) is 10.1. The summed E-state index contributed by atoms with van der Waals surface area (Å²) in [5, 5.41) is 0. The molecule has 2 saturated carbocycles. The van der Waals surface area contributed by atoms with Gasteiger partial charge in [0.15, 0.2) is 0 Å². The van der Waals surface area contributed by atoms with Gasteiger partial charge < -0.3 is 4.74 Å². The summed E-state index contributed by atoms with van der Waals surface area (Å²) in [4.78, 5) is 12.0. The van der Waals surface area contributed by atoms with Crippen molar-refractivity contribution in [3.63, 3.8) is 0 Å². The van der Waals surface area contributed by atoms with Crippen LogP contribution in [0.5, 0.6) is 0 Å². The SMILES string of the molecule is O=C1OC2(CCCCC2)C12CCCCCC2. The lowest BCUT2D eigenvalue weighted by molar-refractivity contribution is -0.255. The topological polar surface area (TPSA) is 26.3 Å². The first-order valence-corrected chi connectivity index (χ1v) is 7.03. The summed E-state index contributed by atoms with van der Waals surface area (Å²) in [6.45, 7) is 0. The Bertz CT molecular complexity index is 281. The number of carbonyl (C=O) groups is 1. The Kier molecular flexibility index (Phi) is 2.49. The lowest BCUT2D eigenvalue weighted by Crippen LogP contribution is -2.67. The van der Waals surface area contributed by atoms with Crippen LogP contribution in [0.4, 0.5) is 0 Å². The molecule has 0 unspecified atom stereocenters. The first-order valence-electron chi connectivity index (χ1n) is 7.03. The number of carbonyl (C=O) groups excluding carboxylic acids is 1. The molecule has 0 amide bonds. The van der Waals surface area contributed by atoms with Crippen LogP contribution in [-0.4, -0.2) is 11.6 Å². The number of esters is 1. The molecule has 1 aliphatic heterocycles. The Morgan fingerprint density at radius 3 is 1.81 bits per heavy atom. The molecule has 1 heterocycles. The van der Waals surface area contributed by atoms with Gasteiger partial charge in [0.05, 0.1) is 0 Å². The average Bonchev–Trinajstić information content (AvgIpc) is 2.58. The molecule has 2 spiro atoms. The second-order valence-electron chi connectivity index (χ2n) is 5.94. The van der Waals surface area contributed by atoms with Crippen molar-refractivity contribution in [1.82, 2.24) is 0 Å². The number of hydrogen-bond donors (Lipinski definition) is 0. The minimum Gasteiger partial charge on any atom is -0.457 e. The van der Waals surface area contributed by atoms with Crippen LogP contribution in [0.3, 0.4) is 0 Å². The first kappa shape index (κ1) is 10.6. The molecule has 3 rings (SSSR count). The highest BCUT2D eigenvalue weighted by Crippen LogP contribution is 2.59. The van der Waals surface area contributed by atoms with Crippen molar-refractivity contribution in [2.24, 2.45) is 5.41 Å². The molecule has 0 atom stereocenters. The van der Waals surface area contributed by atoms with E-state index in [1.807, 2.05) is 0 Å². The van der Waals surface area contributed by atoms with Gasteiger partial charge in [-0.25, -0.2) is 0 Å². The Hall–Kier alpha value is -0.530. The van der Waals surface area contributed by atoms with Gasteiger partial charge in [-0.05, 0) is 38.5 Å². The fourth-order valence-electron chi connectivity index (χ4n) is 4.21. The van der Waals surface area contributed by atoms with Gasteiger partial charge in [0.1, 0.15) is 11.0 Å². The molecule has 1 saturated heterocycles. The van der Waals surface area contributed by atoms with Crippen molar-refractivity contribution in [3.8, 4) is 0 Å². The minimum absolute atomic E-state index is 0.0212. The van der Waals surface area contributed by atoms with Crippen LogP contribution in [0.2, 0.25) is 0 Å². The molecular formula is C14H22O2. The third-order valence-electron chi connectivity index (χ3n) is 5.17. The second kappa shape index (κ2) is 3.75. The third-order valence-corrected chi connectivity index (χ3v) is 5.17. The average molecular weight is 222 g/mol. The summed E-state index contributed by atoms with van der Waals surface area (Å²) < 4.78 is 5.68. The van der Waals surface area contributed by atoms with Crippen molar-refractivity contribution < 1.29 is 9.53 Å². The zero-order valence-electron chi connectivity index (χ0n) is 10.1. The maximum Gasteiger partial charge on any atom is 0.316 e. The van der Waals surface area contributed by atoms with Gasteiger partial charge in [-0.1, -0.05) is 32.1 Å². The maximum atomic E-state index is 12.0. The molecule has 0 bridgehead atoms. The van der Waals surface area contributed by atoms with E-state index in [0.29, 0.717) is 0 Å². The molecular weight excluding hydrogens is 200 g/mol. The Morgan fingerprint density at radius 2 is 1.25 bits per heavy atom. The van der Waals surface area contributed by atoms with Crippen LogP contribution in [0.1, 0.15) is 70.6 Å². The summed E-state index contributed by atoms with van der Waals surface area (Å²) in [5.41, 5.74) is -0.0728. The molecule has 0 aromatic carbocycles. The van der Waals surface area contributed by atoms with Crippen LogP contribution in [0.15, 0.2) is 0 Å². The van der Waals surface area contributed by atoms with Crippen LogP contribution in [-0.2, 0) is 9.53 Å². The van der Waals surface area contributed by atoms with E-state index in [1.54, 1.807) is 0 Å².